The third-order valence-electron chi connectivity index (χ3n) is 3.09. The number of benzene rings is 2. The predicted octanol–water partition coefficient (Wildman–Crippen LogP) is 3.30. The Morgan fingerprint density at radius 2 is 1.84 bits per heavy atom. The summed E-state index contributed by atoms with van der Waals surface area (Å²) in [5.74, 6) is 0.844. The predicted molar refractivity (Wildman–Crippen MR) is 77.1 cm³/mol. The molecule has 0 aliphatic carbocycles. The van der Waals surface area contributed by atoms with E-state index in [0.29, 0.717) is 13.2 Å². The van der Waals surface area contributed by atoms with Crippen LogP contribution >= 0.6 is 0 Å². The fourth-order valence-corrected chi connectivity index (χ4v) is 1.91. The molecule has 0 unspecified atom stereocenters. The lowest BCUT2D eigenvalue weighted by Crippen LogP contribution is -2.01. The molecule has 19 heavy (non-hydrogen) atoms. The van der Waals surface area contributed by atoms with Gasteiger partial charge in [-0.3, -0.25) is 0 Å². The van der Waals surface area contributed by atoms with E-state index < -0.39 is 0 Å². The molecule has 0 heterocycles. The summed E-state index contributed by atoms with van der Waals surface area (Å²) in [5.41, 5.74) is 9.97. The second-order valence-electron chi connectivity index (χ2n) is 4.50. The first-order valence-electron chi connectivity index (χ1n) is 6.25. The van der Waals surface area contributed by atoms with E-state index in [4.69, 9.17) is 15.2 Å². The van der Waals surface area contributed by atoms with Crippen LogP contribution in [0.25, 0.3) is 0 Å². The smallest absolute Gasteiger partial charge is 0.120 e. The van der Waals surface area contributed by atoms with Crippen molar-refractivity contribution in [2.24, 2.45) is 0 Å². The highest BCUT2D eigenvalue weighted by atomic mass is 16.5. The summed E-state index contributed by atoms with van der Waals surface area (Å²) in [4.78, 5) is 0. The van der Waals surface area contributed by atoms with Crippen molar-refractivity contribution in [2.75, 3.05) is 12.8 Å². The average molecular weight is 257 g/mol. The molecule has 0 atom stereocenters. The maximum absolute atomic E-state index is 5.88. The first kappa shape index (κ1) is 13.4. The number of hydrogen-bond acceptors (Lipinski definition) is 3. The molecule has 100 valence electrons. The fourth-order valence-electron chi connectivity index (χ4n) is 1.91. The van der Waals surface area contributed by atoms with Crippen molar-refractivity contribution in [1.29, 1.82) is 0 Å². The molecule has 0 saturated carbocycles. The van der Waals surface area contributed by atoms with Gasteiger partial charge in [-0.2, -0.15) is 0 Å². The third kappa shape index (κ3) is 3.48. The van der Waals surface area contributed by atoms with Crippen LogP contribution < -0.4 is 10.5 Å². The van der Waals surface area contributed by atoms with Crippen LogP contribution in [0.3, 0.4) is 0 Å². The molecule has 0 saturated heterocycles. The Balaban J connectivity index is 2.06. The summed E-state index contributed by atoms with van der Waals surface area (Å²) in [5, 5.41) is 0. The topological polar surface area (TPSA) is 44.5 Å². The highest BCUT2D eigenvalue weighted by molar-refractivity contribution is 5.49. The van der Waals surface area contributed by atoms with E-state index >= 15 is 0 Å². The summed E-state index contributed by atoms with van der Waals surface area (Å²) in [6, 6.07) is 13.8. The molecular formula is C16H19NO2. The van der Waals surface area contributed by atoms with E-state index in [9.17, 15) is 0 Å². The van der Waals surface area contributed by atoms with Gasteiger partial charge >= 0.3 is 0 Å². The van der Waals surface area contributed by atoms with E-state index in [1.54, 1.807) is 7.11 Å². The molecule has 2 rings (SSSR count). The van der Waals surface area contributed by atoms with E-state index in [-0.39, 0.29) is 0 Å². The Kier molecular flexibility index (Phi) is 4.42. The maximum atomic E-state index is 5.88. The van der Waals surface area contributed by atoms with Crippen molar-refractivity contribution in [3.8, 4) is 5.75 Å². The van der Waals surface area contributed by atoms with Gasteiger partial charge in [0.15, 0.2) is 0 Å². The molecule has 0 radical (unpaired) electrons. The number of ether oxygens (including phenoxy) is 2. The number of anilines is 1. The summed E-state index contributed by atoms with van der Waals surface area (Å²) in [7, 11) is 1.68. The number of nitrogens with two attached hydrogens (primary N) is 1. The molecule has 2 aromatic rings. The minimum absolute atomic E-state index is 0.521. The number of nitrogen functional groups attached to an aromatic ring is 1. The average Bonchev–Trinajstić information content (AvgIpc) is 2.41. The first-order chi connectivity index (χ1) is 9.20. The fraction of sp³-hybridized carbons (Fsp3) is 0.250. The molecule has 0 amide bonds. The van der Waals surface area contributed by atoms with Gasteiger partial charge in [0.05, 0.1) is 6.61 Å². The molecule has 0 aromatic heterocycles. The standard InChI is InChI=1S/C16H19NO2/c1-12-14(6-4-8-16(12)17)11-19-15-7-3-5-13(9-15)10-18-2/h3-9H,10-11,17H2,1-2H3. The Morgan fingerprint density at radius 3 is 2.63 bits per heavy atom. The monoisotopic (exact) mass is 257 g/mol. The molecule has 3 nitrogen and oxygen atoms in total. The van der Waals surface area contributed by atoms with Gasteiger partial charge in [0.1, 0.15) is 12.4 Å². The van der Waals surface area contributed by atoms with Crippen LogP contribution in [0.4, 0.5) is 5.69 Å². The van der Waals surface area contributed by atoms with E-state index in [1.807, 2.05) is 49.4 Å². The highest BCUT2D eigenvalue weighted by Crippen LogP contribution is 2.19. The van der Waals surface area contributed by atoms with Crippen molar-refractivity contribution in [3.05, 3.63) is 59.2 Å². The molecule has 0 aliphatic heterocycles. The van der Waals surface area contributed by atoms with Gasteiger partial charge in [0, 0.05) is 12.8 Å². The summed E-state index contributed by atoms with van der Waals surface area (Å²) < 4.78 is 10.9. The number of hydrogen-bond donors (Lipinski definition) is 1. The SMILES string of the molecule is COCc1cccc(OCc2cccc(N)c2C)c1. The van der Waals surface area contributed by atoms with Gasteiger partial charge in [-0.25, -0.2) is 0 Å². The minimum Gasteiger partial charge on any atom is -0.489 e. The van der Waals surface area contributed by atoms with Crippen LogP contribution in [0.2, 0.25) is 0 Å². The van der Waals surface area contributed by atoms with Crippen molar-refractivity contribution in [2.45, 2.75) is 20.1 Å². The van der Waals surface area contributed by atoms with Crippen molar-refractivity contribution >= 4 is 5.69 Å². The van der Waals surface area contributed by atoms with Crippen LogP contribution in [-0.2, 0) is 18.0 Å². The molecule has 3 heteroatoms. The summed E-state index contributed by atoms with van der Waals surface area (Å²) >= 11 is 0. The van der Waals surface area contributed by atoms with Crippen LogP contribution in [0.5, 0.6) is 5.75 Å². The molecule has 0 aliphatic rings. The molecular weight excluding hydrogens is 238 g/mol. The molecule has 0 spiro atoms. The maximum Gasteiger partial charge on any atom is 0.120 e. The van der Waals surface area contributed by atoms with E-state index in [1.165, 1.54) is 0 Å². The van der Waals surface area contributed by atoms with Crippen LogP contribution in [0.15, 0.2) is 42.5 Å². The zero-order valence-corrected chi connectivity index (χ0v) is 11.3. The Hall–Kier alpha value is -2.00. The van der Waals surface area contributed by atoms with Gasteiger partial charge in [-0.15, -0.1) is 0 Å². The second-order valence-corrected chi connectivity index (χ2v) is 4.50. The highest BCUT2D eigenvalue weighted by Gasteiger charge is 2.03. The molecule has 2 aromatic carbocycles. The number of methoxy groups -OCH3 is 1. The van der Waals surface area contributed by atoms with Gasteiger partial charge < -0.3 is 15.2 Å². The molecule has 2 N–H and O–H groups in total. The largest absolute Gasteiger partial charge is 0.489 e. The zero-order valence-electron chi connectivity index (χ0n) is 11.3. The van der Waals surface area contributed by atoms with Gasteiger partial charge in [0.25, 0.3) is 0 Å². The van der Waals surface area contributed by atoms with Gasteiger partial charge in [-0.05, 0) is 41.8 Å². The van der Waals surface area contributed by atoms with Crippen molar-refractivity contribution in [1.82, 2.24) is 0 Å². The van der Waals surface area contributed by atoms with E-state index in [2.05, 4.69) is 0 Å². The summed E-state index contributed by atoms with van der Waals surface area (Å²) in [6.45, 7) is 3.12. The normalized spacial score (nSPS) is 10.4. The zero-order chi connectivity index (χ0) is 13.7. The lowest BCUT2D eigenvalue weighted by atomic mass is 10.1. The van der Waals surface area contributed by atoms with Crippen LogP contribution in [0.1, 0.15) is 16.7 Å². The summed E-state index contributed by atoms with van der Waals surface area (Å²) in [6.07, 6.45) is 0. The Bertz CT molecular complexity index is 552. The lowest BCUT2D eigenvalue weighted by Gasteiger charge is -2.11. The minimum atomic E-state index is 0.521. The van der Waals surface area contributed by atoms with Gasteiger partial charge in [-0.1, -0.05) is 24.3 Å². The Morgan fingerprint density at radius 1 is 1.05 bits per heavy atom. The quantitative estimate of drug-likeness (QED) is 0.836. The van der Waals surface area contributed by atoms with Crippen molar-refractivity contribution in [3.63, 3.8) is 0 Å². The van der Waals surface area contributed by atoms with Crippen LogP contribution in [0, 0.1) is 6.92 Å². The van der Waals surface area contributed by atoms with Crippen molar-refractivity contribution < 1.29 is 9.47 Å². The first-order valence-corrected chi connectivity index (χ1v) is 6.25. The second kappa shape index (κ2) is 6.25. The third-order valence-corrected chi connectivity index (χ3v) is 3.09. The molecule has 0 bridgehead atoms. The number of rotatable bonds is 5. The van der Waals surface area contributed by atoms with E-state index in [0.717, 1.165) is 28.1 Å². The Labute approximate surface area is 114 Å². The molecule has 0 fully saturated rings. The van der Waals surface area contributed by atoms with Crippen LogP contribution in [-0.4, -0.2) is 7.11 Å². The lowest BCUT2D eigenvalue weighted by molar-refractivity contribution is 0.184. The van der Waals surface area contributed by atoms with Gasteiger partial charge in [0.2, 0.25) is 0 Å².